The van der Waals surface area contributed by atoms with E-state index in [-0.39, 0.29) is 17.8 Å². The topological polar surface area (TPSA) is 30.3 Å². The third-order valence-corrected chi connectivity index (χ3v) is 7.58. The van der Waals surface area contributed by atoms with Gasteiger partial charge in [-0.1, -0.05) is 53.5 Å². The van der Waals surface area contributed by atoms with Gasteiger partial charge in [0.15, 0.2) is 0 Å². The second kappa shape index (κ2) is 12.7. The van der Waals surface area contributed by atoms with Crippen LogP contribution in [0, 0.1) is 17.2 Å². The van der Waals surface area contributed by atoms with E-state index >= 15 is 0 Å². The summed E-state index contributed by atoms with van der Waals surface area (Å²) in [5.41, 5.74) is 1.74. The highest BCUT2D eigenvalue weighted by molar-refractivity contribution is 14.1. The van der Waals surface area contributed by atoms with Gasteiger partial charge in [0.25, 0.3) is 0 Å². The minimum Gasteiger partial charge on any atom is -0.473 e. The fourth-order valence-electron chi connectivity index (χ4n) is 3.63. The molecule has 0 saturated heterocycles. The summed E-state index contributed by atoms with van der Waals surface area (Å²) in [5.74, 6) is 1.22. The molecule has 0 N–H and O–H groups in total. The first-order valence-corrected chi connectivity index (χ1v) is 13.2. The maximum absolute atomic E-state index is 14.2. The Balaban J connectivity index is 2.14. The Hall–Kier alpha value is -0.720. The van der Waals surface area contributed by atoms with Crippen molar-refractivity contribution in [2.75, 3.05) is 0 Å². The normalized spacial score (nSPS) is 13.2. The van der Waals surface area contributed by atoms with E-state index in [0.29, 0.717) is 17.5 Å². The predicted molar refractivity (Wildman–Crippen MR) is 144 cm³/mol. The van der Waals surface area contributed by atoms with E-state index < -0.39 is 0 Å². The summed E-state index contributed by atoms with van der Waals surface area (Å²) >= 11 is 2.42. The molecule has 0 fully saturated rings. The summed E-state index contributed by atoms with van der Waals surface area (Å²) in [6, 6.07) is 7.53. The van der Waals surface area contributed by atoms with Gasteiger partial charge in [-0.15, -0.1) is 9.24 Å². The second-order valence-electron chi connectivity index (χ2n) is 9.97. The molecule has 0 aliphatic heterocycles. The summed E-state index contributed by atoms with van der Waals surface area (Å²) in [5, 5.41) is 5.80. The van der Waals surface area contributed by atoms with Crippen molar-refractivity contribution in [1.29, 1.82) is 0 Å². The van der Waals surface area contributed by atoms with Crippen LogP contribution in [0.15, 0.2) is 24.3 Å². The van der Waals surface area contributed by atoms with Crippen LogP contribution in [0.5, 0.6) is 5.88 Å². The zero-order chi connectivity index (χ0) is 23.9. The van der Waals surface area contributed by atoms with Crippen molar-refractivity contribution in [1.82, 2.24) is 12.9 Å². The van der Waals surface area contributed by atoms with E-state index in [4.69, 9.17) is 9.84 Å². The van der Waals surface area contributed by atoms with Crippen LogP contribution in [0.3, 0.4) is 0 Å². The maximum atomic E-state index is 14.2. The fourth-order valence-corrected chi connectivity index (χ4v) is 4.51. The van der Waals surface area contributed by atoms with Crippen LogP contribution in [-0.4, -0.2) is 18.9 Å². The van der Waals surface area contributed by atoms with Crippen molar-refractivity contribution in [2.45, 2.75) is 93.0 Å². The summed E-state index contributed by atoms with van der Waals surface area (Å²) in [6.45, 7) is 15.2. The smallest absolute Gasteiger partial charge is 0.212 e. The van der Waals surface area contributed by atoms with Gasteiger partial charge in [-0.25, -0.2) is 12.2 Å². The molecule has 4 nitrogen and oxygen atoms in total. The minimum absolute atomic E-state index is 0.188. The Bertz CT molecular complexity index is 848. The van der Waals surface area contributed by atoms with Gasteiger partial charge in [0.05, 0.1) is 12.2 Å². The summed E-state index contributed by atoms with van der Waals surface area (Å²) in [6.07, 6.45) is 4.62. The lowest BCUT2D eigenvalue weighted by Gasteiger charge is -2.25. The second-order valence-corrected chi connectivity index (χ2v) is 11.9. The molecule has 2 rings (SSSR count). The molecule has 0 spiro atoms. The third-order valence-electron chi connectivity index (χ3n) is 5.93. The number of nitrogens with zero attached hydrogens (tertiary/aromatic N) is 3. The van der Waals surface area contributed by atoms with Gasteiger partial charge in [-0.05, 0) is 48.5 Å². The van der Waals surface area contributed by atoms with Crippen molar-refractivity contribution in [3.63, 3.8) is 0 Å². The zero-order valence-corrected chi connectivity index (χ0v) is 23.8. The monoisotopic (exact) mass is 575 g/mol. The number of hydrogen-bond donors (Lipinski definition) is 0. The molecule has 1 heterocycles. The number of rotatable bonds is 12. The molecule has 0 aliphatic rings. The molecule has 2 unspecified atom stereocenters. The first-order chi connectivity index (χ1) is 15.0. The van der Waals surface area contributed by atoms with Gasteiger partial charge >= 0.3 is 0 Å². The fraction of sp³-hybridized carbons (Fsp3) is 0.640. The van der Waals surface area contributed by atoms with Crippen LogP contribution in [0.25, 0.3) is 0 Å². The summed E-state index contributed by atoms with van der Waals surface area (Å²) in [7, 11) is 2.61. The van der Waals surface area contributed by atoms with E-state index in [1.165, 1.54) is 25.3 Å². The molecule has 2 aromatic rings. The van der Waals surface area contributed by atoms with Crippen LogP contribution in [0.1, 0.15) is 78.5 Å². The van der Waals surface area contributed by atoms with Crippen molar-refractivity contribution in [3.8, 4) is 5.88 Å². The molecular formula is C25H40FIN3OP. The molecule has 1 aromatic carbocycles. The van der Waals surface area contributed by atoms with E-state index in [1.807, 2.05) is 16.8 Å². The largest absolute Gasteiger partial charge is 0.473 e. The number of benzene rings is 1. The van der Waals surface area contributed by atoms with Crippen molar-refractivity contribution >= 4 is 37.4 Å². The SMILES string of the molecule is CCC(CC)CC(C)N(I)Cc1cc(OCc2cc(P)ccc2F)n(CCC(C)(C)C)n1. The lowest BCUT2D eigenvalue weighted by molar-refractivity contribution is 0.254. The molecule has 180 valence electrons. The van der Waals surface area contributed by atoms with Gasteiger partial charge in [0, 0.05) is 47.1 Å². The molecular weight excluding hydrogens is 535 g/mol. The van der Waals surface area contributed by atoms with Gasteiger partial charge in [-0.2, -0.15) is 5.10 Å². The third kappa shape index (κ3) is 8.90. The molecule has 1 aromatic heterocycles. The number of hydrogen-bond acceptors (Lipinski definition) is 3. The van der Waals surface area contributed by atoms with Crippen LogP contribution in [0.4, 0.5) is 4.39 Å². The van der Waals surface area contributed by atoms with E-state index in [9.17, 15) is 4.39 Å². The van der Waals surface area contributed by atoms with Crippen molar-refractivity contribution < 1.29 is 9.13 Å². The average Bonchev–Trinajstić information content (AvgIpc) is 3.11. The molecule has 0 aliphatic carbocycles. The zero-order valence-electron chi connectivity index (χ0n) is 20.5. The summed E-state index contributed by atoms with van der Waals surface area (Å²) in [4.78, 5) is 0. The van der Waals surface area contributed by atoms with Gasteiger partial charge in [0.1, 0.15) is 12.4 Å². The Morgan fingerprint density at radius 2 is 1.91 bits per heavy atom. The molecule has 0 radical (unpaired) electrons. The Kier molecular flexibility index (Phi) is 10.9. The molecule has 7 heteroatoms. The number of aromatic nitrogens is 2. The van der Waals surface area contributed by atoms with E-state index in [2.05, 4.69) is 76.8 Å². The molecule has 2 atom stereocenters. The highest BCUT2D eigenvalue weighted by atomic mass is 127. The Labute approximate surface area is 210 Å². The lowest BCUT2D eigenvalue weighted by atomic mass is 9.92. The van der Waals surface area contributed by atoms with E-state index in [1.54, 1.807) is 6.07 Å². The first-order valence-electron chi connectivity index (χ1n) is 11.7. The predicted octanol–water partition coefficient (Wildman–Crippen LogP) is 6.90. The standard InChI is InChI=1S/C25H40FIN3OP/c1-7-19(8-2)13-18(3)29(27)16-21-15-24(30(28-21)12-11-25(4,5)6)31-17-20-14-22(32)9-10-23(20)26/h9-10,14-15,18-19H,7-8,11-13,16-17,32H2,1-6H3. The molecule has 0 bridgehead atoms. The van der Waals surface area contributed by atoms with Crippen LogP contribution < -0.4 is 10.0 Å². The Morgan fingerprint density at radius 1 is 1.22 bits per heavy atom. The van der Waals surface area contributed by atoms with Gasteiger partial charge in [0.2, 0.25) is 5.88 Å². The van der Waals surface area contributed by atoms with Gasteiger partial charge in [-0.3, -0.25) is 0 Å². The number of aryl methyl sites for hydroxylation is 1. The highest BCUT2D eigenvalue weighted by Gasteiger charge is 2.19. The van der Waals surface area contributed by atoms with E-state index in [0.717, 1.165) is 36.4 Å². The number of halogens is 2. The first kappa shape index (κ1) is 27.5. The van der Waals surface area contributed by atoms with Gasteiger partial charge < -0.3 is 4.74 Å². The van der Waals surface area contributed by atoms with Crippen LogP contribution in [-0.2, 0) is 19.7 Å². The van der Waals surface area contributed by atoms with Crippen molar-refractivity contribution in [2.24, 2.45) is 11.3 Å². The number of ether oxygens (including phenoxy) is 1. The molecule has 32 heavy (non-hydrogen) atoms. The maximum Gasteiger partial charge on any atom is 0.212 e. The average molecular weight is 575 g/mol. The lowest BCUT2D eigenvalue weighted by Crippen LogP contribution is -2.25. The highest BCUT2D eigenvalue weighted by Crippen LogP contribution is 2.26. The minimum atomic E-state index is -0.245. The van der Waals surface area contributed by atoms with Crippen LogP contribution in [0.2, 0.25) is 0 Å². The summed E-state index contributed by atoms with van der Waals surface area (Å²) < 4.78 is 24.5. The van der Waals surface area contributed by atoms with Crippen molar-refractivity contribution in [3.05, 3.63) is 41.3 Å². The molecule has 0 saturated carbocycles. The quantitative estimate of drug-likeness (QED) is 0.157. The Morgan fingerprint density at radius 3 is 2.53 bits per heavy atom. The van der Waals surface area contributed by atoms with Crippen LogP contribution >= 0.6 is 32.1 Å². The molecule has 0 amide bonds.